The number of hydrogen-bond donors (Lipinski definition) is 0. The highest BCUT2D eigenvalue weighted by Gasteiger charge is 2.19. The number of alkyl halides is 1. The van der Waals surface area contributed by atoms with Crippen molar-refractivity contribution in [3.8, 4) is 0 Å². The maximum Gasteiger partial charge on any atom is 0.0566 e. The fourth-order valence-corrected chi connectivity index (χ4v) is 0.795. The third-order valence-corrected chi connectivity index (χ3v) is 2.09. The smallest absolute Gasteiger partial charge is 0.0566 e. The SMILES string of the molecule is CC(C)=CC(Cl)C(C)(C)C. The van der Waals surface area contributed by atoms with Gasteiger partial charge >= 0.3 is 0 Å². The molecule has 0 rings (SSSR count). The third-order valence-electron chi connectivity index (χ3n) is 1.31. The molecule has 0 aromatic heterocycles. The van der Waals surface area contributed by atoms with Gasteiger partial charge in [-0.2, -0.15) is 0 Å². The molecule has 0 bridgehead atoms. The zero-order chi connectivity index (χ0) is 8.36. The first kappa shape index (κ1) is 10.0. The van der Waals surface area contributed by atoms with Crippen LogP contribution in [-0.4, -0.2) is 5.38 Å². The van der Waals surface area contributed by atoms with Crippen molar-refractivity contribution in [1.82, 2.24) is 0 Å². The van der Waals surface area contributed by atoms with Crippen molar-refractivity contribution in [2.45, 2.75) is 40.0 Å². The van der Waals surface area contributed by atoms with Gasteiger partial charge in [-0.05, 0) is 19.3 Å². The van der Waals surface area contributed by atoms with Crippen LogP contribution in [0.25, 0.3) is 0 Å². The normalized spacial score (nSPS) is 14.6. The van der Waals surface area contributed by atoms with E-state index in [0.717, 1.165) is 0 Å². The van der Waals surface area contributed by atoms with Gasteiger partial charge in [0, 0.05) is 0 Å². The molecule has 0 N–H and O–H groups in total. The Morgan fingerprint density at radius 2 is 1.70 bits per heavy atom. The van der Waals surface area contributed by atoms with Crippen LogP contribution >= 0.6 is 11.6 Å². The Hall–Kier alpha value is 0.0300. The van der Waals surface area contributed by atoms with Crippen molar-refractivity contribution in [1.29, 1.82) is 0 Å². The predicted octanol–water partition coefficient (Wildman–Crippen LogP) is 3.61. The maximum atomic E-state index is 6.08. The van der Waals surface area contributed by atoms with E-state index >= 15 is 0 Å². The summed E-state index contributed by atoms with van der Waals surface area (Å²) in [5.74, 6) is 0. The molecule has 0 spiro atoms. The zero-order valence-electron chi connectivity index (χ0n) is 7.53. The summed E-state index contributed by atoms with van der Waals surface area (Å²) in [5, 5.41) is 0.150. The van der Waals surface area contributed by atoms with Gasteiger partial charge in [0.1, 0.15) is 0 Å². The minimum atomic E-state index is 0.150. The van der Waals surface area contributed by atoms with Crippen molar-refractivity contribution in [2.75, 3.05) is 0 Å². The van der Waals surface area contributed by atoms with E-state index in [4.69, 9.17) is 11.6 Å². The van der Waals surface area contributed by atoms with Gasteiger partial charge in [0.15, 0.2) is 0 Å². The summed E-state index contributed by atoms with van der Waals surface area (Å²) in [5.41, 5.74) is 1.47. The summed E-state index contributed by atoms with van der Waals surface area (Å²) in [7, 11) is 0. The molecular formula is C9H17Cl. The molecule has 0 aromatic rings. The molecule has 0 heterocycles. The number of rotatable bonds is 1. The first-order chi connectivity index (χ1) is 4.34. The quantitative estimate of drug-likeness (QED) is 0.406. The molecule has 0 aromatic carbocycles. The maximum absolute atomic E-state index is 6.08. The van der Waals surface area contributed by atoms with Gasteiger partial charge in [0.05, 0.1) is 5.38 Å². The van der Waals surface area contributed by atoms with Crippen molar-refractivity contribution in [3.05, 3.63) is 11.6 Å². The Balaban J connectivity index is 4.11. The van der Waals surface area contributed by atoms with E-state index in [1.165, 1.54) is 5.57 Å². The van der Waals surface area contributed by atoms with E-state index < -0.39 is 0 Å². The predicted molar refractivity (Wildman–Crippen MR) is 48.5 cm³/mol. The second-order valence-electron chi connectivity index (χ2n) is 4.01. The number of hydrogen-bond acceptors (Lipinski definition) is 0. The van der Waals surface area contributed by atoms with Crippen LogP contribution in [0.2, 0.25) is 0 Å². The fraction of sp³-hybridized carbons (Fsp3) is 0.778. The van der Waals surface area contributed by atoms with Crippen molar-refractivity contribution in [2.24, 2.45) is 5.41 Å². The largest absolute Gasteiger partial charge is 0.118 e. The fourth-order valence-electron chi connectivity index (χ4n) is 0.543. The van der Waals surface area contributed by atoms with Gasteiger partial charge in [-0.3, -0.25) is 0 Å². The molecule has 0 saturated carbocycles. The Morgan fingerprint density at radius 1 is 1.30 bits per heavy atom. The van der Waals surface area contributed by atoms with Crippen molar-refractivity contribution in [3.63, 3.8) is 0 Å². The highest BCUT2D eigenvalue weighted by molar-refractivity contribution is 6.22. The van der Waals surface area contributed by atoms with Crippen molar-refractivity contribution >= 4 is 11.6 Å². The van der Waals surface area contributed by atoms with E-state index in [-0.39, 0.29) is 10.8 Å². The van der Waals surface area contributed by atoms with Crippen molar-refractivity contribution < 1.29 is 0 Å². The summed E-state index contributed by atoms with van der Waals surface area (Å²) in [6.07, 6.45) is 2.10. The highest BCUT2D eigenvalue weighted by Crippen LogP contribution is 2.25. The van der Waals surface area contributed by atoms with Gasteiger partial charge in [0.25, 0.3) is 0 Å². The van der Waals surface area contributed by atoms with Crippen LogP contribution in [-0.2, 0) is 0 Å². The minimum absolute atomic E-state index is 0.150. The number of allylic oxidation sites excluding steroid dienone is 2. The molecule has 0 aliphatic rings. The van der Waals surface area contributed by atoms with E-state index in [9.17, 15) is 0 Å². The first-order valence-corrected chi connectivity index (χ1v) is 4.07. The minimum Gasteiger partial charge on any atom is -0.118 e. The molecule has 1 atom stereocenters. The molecule has 0 amide bonds. The molecule has 60 valence electrons. The van der Waals surface area contributed by atoms with Crippen LogP contribution in [0.5, 0.6) is 0 Å². The molecule has 1 unspecified atom stereocenters. The second-order valence-corrected chi connectivity index (χ2v) is 4.48. The van der Waals surface area contributed by atoms with E-state index in [1.54, 1.807) is 0 Å². The van der Waals surface area contributed by atoms with Crippen LogP contribution in [0.15, 0.2) is 11.6 Å². The Kier molecular flexibility index (Phi) is 3.44. The van der Waals surface area contributed by atoms with Gasteiger partial charge in [-0.25, -0.2) is 0 Å². The Morgan fingerprint density at radius 3 is 1.80 bits per heavy atom. The lowest BCUT2D eigenvalue weighted by Gasteiger charge is -2.22. The van der Waals surface area contributed by atoms with Crippen LogP contribution in [0.4, 0.5) is 0 Å². The zero-order valence-corrected chi connectivity index (χ0v) is 8.29. The van der Waals surface area contributed by atoms with Crippen LogP contribution in [0, 0.1) is 5.41 Å². The standard InChI is InChI=1S/C9H17Cl/c1-7(2)6-8(10)9(3,4)5/h6,8H,1-5H3. The summed E-state index contributed by atoms with van der Waals surface area (Å²) < 4.78 is 0. The third kappa shape index (κ3) is 3.94. The molecule has 0 nitrogen and oxygen atoms in total. The lowest BCUT2D eigenvalue weighted by atomic mass is 9.91. The van der Waals surface area contributed by atoms with Crippen LogP contribution in [0.1, 0.15) is 34.6 Å². The van der Waals surface area contributed by atoms with E-state index in [2.05, 4.69) is 40.7 Å². The lowest BCUT2D eigenvalue weighted by Crippen LogP contribution is -2.18. The molecule has 0 radical (unpaired) electrons. The molecule has 0 fully saturated rings. The lowest BCUT2D eigenvalue weighted by molar-refractivity contribution is 0.426. The van der Waals surface area contributed by atoms with Gasteiger partial charge in [-0.15, -0.1) is 11.6 Å². The molecule has 0 aliphatic heterocycles. The summed E-state index contributed by atoms with van der Waals surface area (Å²) in [4.78, 5) is 0. The highest BCUT2D eigenvalue weighted by atomic mass is 35.5. The Labute approximate surface area is 69.3 Å². The summed E-state index contributed by atoms with van der Waals surface area (Å²) >= 11 is 6.08. The van der Waals surface area contributed by atoms with Gasteiger partial charge in [-0.1, -0.05) is 32.4 Å². The monoisotopic (exact) mass is 160 g/mol. The second kappa shape index (κ2) is 3.43. The van der Waals surface area contributed by atoms with Gasteiger partial charge in [0.2, 0.25) is 0 Å². The molecule has 10 heavy (non-hydrogen) atoms. The first-order valence-electron chi connectivity index (χ1n) is 3.63. The topological polar surface area (TPSA) is 0 Å². The summed E-state index contributed by atoms with van der Waals surface area (Å²) in [6.45, 7) is 10.6. The summed E-state index contributed by atoms with van der Waals surface area (Å²) in [6, 6.07) is 0. The van der Waals surface area contributed by atoms with E-state index in [0.29, 0.717) is 0 Å². The average Bonchev–Trinajstić information content (AvgIpc) is 1.60. The van der Waals surface area contributed by atoms with Crippen LogP contribution in [0.3, 0.4) is 0 Å². The van der Waals surface area contributed by atoms with Gasteiger partial charge < -0.3 is 0 Å². The molecule has 0 saturated heterocycles. The molecule has 1 heteroatoms. The van der Waals surface area contributed by atoms with E-state index in [1.807, 2.05) is 0 Å². The van der Waals surface area contributed by atoms with Crippen LogP contribution < -0.4 is 0 Å². The average molecular weight is 161 g/mol. The Bertz CT molecular complexity index is 124. The molecular weight excluding hydrogens is 144 g/mol. The number of halogens is 1. The molecule has 0 aliphatic carbocycles.